The van der Waals surface area contributed by atoms with Crippen LogP contribution in [-0.2, 0) is 0 Å². The molecule has 0 unspecified atom stereocenters. The van der Waals surface area contributed by atoms with Gasteiger partial charge in [-0.2, -0.15) is 0 Å². The smallest absolute Gasteiger partial charge is 0.252 e. The molecule has 4 heteroatoms. The van der Waals surface area contributed by atoms with Crippen molar-refractivity contribution in [2.75, 3.05) is 6.54 Å². The lowest BCUT2D eigenvalue weighted by atomic mass is 9.78. The van der Waals surface area contributed by atoms with E-state index in [-0.39, 0.29) is 5.91 Å². The third-order valence-electron chi connectivity index (χ3n) is 4.12. The minimum atomic E-state index is -0.0517. The lowest BCUT2D eigenvalue weighted by Crippen LogP contribution is -2.36. The molecule has 1 aliphatic carbocycles. The molecule has 20 heavy (non-hydrogen) atoms. The molecule has 1 amide bonds. The molecule has 1 fully saturated rings. The first-order valence-corrected chi connectivity index (χ1v) is 7.78. The summed E-state index contributed by atoms with van der Waals surface area (Å²) in [6.45, 7) is 5.28. The summed E-state index contributed by atoms with van der Waals surface area (Å²) in [5, 5.41) is 3.50. The predicted octanol–water partition coefficient (Wildman–Crippen LogP) is 4.07. The van der Waals surface area contributed by atoms with Crippen molar-refractivity contribution < 1.29 is 4.79 Å². The van der Waals surface area contributed by atoms with Crippen LogP contribution in [0.1, 0.15) is 56.3 Å². The predicted molar refractivity (Wildman–Crippen MR) is 81.9 cm³/mol. The number of hydrogen-bond acceptors (Lipinski definition) is 2. The average Bonchev–Trinajstić information content (AvgIpc) is 2.85. The standard InChI is InChI=1S/C16H23ClN2O/c1-12(2)9-16(7-3-4-8-16)11-19-15(20)13-5-6-14(17)18-10-13/h5-6,10,12H,3-4,7-9,11H2,1-2H3,(H,19,20). The highest BCUT2D eigenvalue weighted by atomic mass is 35.5. The van der Waals surface area contributed by atoms with E-state index < -0.39 is 0 Å². The maximum absolute atomic E-state index is 12.1. The summed E-state index contributed by atoms with van der Waals surface area (Å²) in [7, 11) is 0. The Balaban J connectivity index is 1.95. The molecule has 1 N–H and O–H groups in total. The Morgan fingerprint density at radius 2 is 2.10 bits per heavy atom. The minimum absolute atomic E-state index is 0.0517. The van der Waals surface area contributed by atoms with E-state index in [2.05, 4.69) is 24.1 Å². The fourth-order valence-corrected chi connectivity index (χ4v) is 3.44. The van der Waals surface area contributed by atoms with Gasteiger partial charge in [0.05, 0.1) is 5.56 Å². The Bertz CT molecular complexity index is 450. The molecule has 1 saturated carbocycles. The van der Waals surface area contributed by atoms with Crippen molar-refractivity contribution in [1.29, 1.82) is 0 Å². The van der Waals surface area contributed by atoms with E-state index in [0.717, 1.165) is 6.54 Å². The summed E-state index contributed by atoms with van der Waals surface area (Å²) < 4.78 is 0. The second-order valence-electron chi connectivity index (χ2n) is 6.36. The van der Waals surface area contributed by atoms with Gasteiger partial charge < -0.3 is 5.32 Å². The highest BCUT2D eigenvalue weighted by Crippen LogP contribution is 2.42. The van der Waals surface area contributed by atoms with Gasteiger partial charge in [0.25, 0.3) is 5.91 Å². The van der Waals surface area contributed by atoms with Crippen molar-refractivity contribution >= 4 is 17.5 Å². The second-order valence-corrected chi connectivity index (χ2v) is 6.74. The van der Waals surface area contributed by atoms with Gasteiger partial charge >= 0.3 is 0 Å². The lowest BCUT2D eigenvalue weighted by molar-refractivity contribution is 0.0921. The summed E-state index contributed by atoms with van der Waals surface area (Å²) in [6.07, 6.45) is 7.73. The maximum Gasteiger partial charge on any atom is 0.252 e. The van der Waals surface area contributed by atoms with Crippen LogP contribution >= 0.6 is 11.6 Å². The number of carbonyl (C=O) groups excluding carboxylic acids is 1. The number of amides is 1. The molecule has 1 aromatic rings. The molecule has 3 nitrogen and oxygen atoms in total. The van der Waals surface area contributed by atoms with Gasteiger partial charge in [0, 0.05) is 12.7 Å². The topological polar surface area (TPSA) is 42.0 Å². The Morgan fingerprint density at radius 1 is 1.40 bits per heavy atom. The molecular formula is C16H23ClN2O. The highest BCUT2D eigenvalue weighted by Gasteiger charge is 2.34. The molecule has 1 aromatic heterocycles. The molecule has 0 aliphatic heterocycles. The third kappa shape index (κ3) is 3.95. The van der Waals surface area contributed by atoms with E-state index in [9.17, 15) is 4.79 Å². The summed E-state index contributed by atoms with van der Waals surface area (Å²) in [6, 6.07) is 3.37. The first kappa shape index (κ1) is 15.3. The van der Waals surface area contributed by atoms with Gasteiger partial charge in [0.15, 0.2) is 0 Å². The Morgan fingerprint density at radius 3 is 2.65 bits per heavy atom. The molecule has 0 radical (unpaired) electrons. The van der Waals surface area contributed by atoms with Crippen LogP contribution in [0.2, 0.25) is 5.15 Å². The third-order valence-corrected chi connectivity index (χ3v) is 4.34. The van der Waals surface area contributed by atoms with Crippen molar-refractivity contribution in [1.82, 2.24) is 10.3 Å². The van der Waals surface area contributed by atoms with Gasteiger partial charge in [-0.1, -0.05) is 38.3 Å². The fraction of sp³-hybridized carbons (Fsp3) is 0.625. The second kappa shape index (κ2) is 6.57. The fourth-order valence-electron chi connectivity index (χ4n) is 3.32. The van der Waals surface area contributed by atoms with Gasteiger partial charge in [0.2, 0.25) is 0 Å². The average molecular weight is 295 g/mol. The molecule has 1 heterocycles. The van der Waals surface area contributed by atoms with Crippen molar-refractivity contribution in [2.45, 2.75) is 46.0 Å². The first-order valence-electron chi connectivity index (χ1n) is 7.40. The van der Waals surface area contributed by atoms with E-state index in [1.165, 1.54) is 38.3 Å². The van der Waals surface area contributed by atoms with Crippen LogP contribution in [0.4, 0.5) is 0 Å². The zero-order chi connectivity index (χ0) is 14.6. The first-order chi connectivity index (χ1) is 9.51. The van der Waals surface area contributed by atoms with Crippen LogP contribution in [0.3, 0.4) is 0 Å². The van der Waals surface area contributed by atoms with Crippen LogP contribution in [0.15, 0.2) is 18.3 Å². The number of aromatic nitrogens is 1. The minimum Gasteiger partial charge on any atom is -0.351 e. The molecule has 0 saturated heterocycles. The van der Waals surface area contributed by atoms with Crippen molar-refractivity contribution in [3.05, 3.63) is 29.0 Å². The zero-order valence-electron chi connectivity index (χ0n) is 12.3. The SMILES string of the molecule is CC(C)CC1(CNC(=O)c2ccc(Cl)nc2)CCCC1. The van der Waals surface area contributed by atoms with Crippen molar-refractivity contribution in [3.63, 3.8) is 0 Å². The molecule has 2 rings (SSSR count). The Labute approximate surface area is 126 Å². The van der Waals surface area contributed by atoms with Crippen LogP contribution in [0.5, 0.6) is 0 Å². The number of nitrogens with one attached hydrogen (secondary N) is 1. The van der Waals surface area contributed by atoms with Crippen LogP contribution in [-0.4, -0.2) is 17.4 Å². The van der Waals surface area contributed by atoms with E-state index in [1.807, 2.05) is 0 Å². The van der Waals surface area contributed by atoms with E-state index in [1.54, 1.807) is 12.1 Å². The van der Waals surface area contributed by atoms with Gasteiger partial charge in [-0.3, -0.25) is 4.79 Å². The van der Waals surface area contributed by atoms with Crippen molar-refractivity contribution in [3.8, 4) is 0 Å². The van der Waals surface area contributed by atoms with Gasteiger partial charge in [-0.15, -0.1) is 0 Å². The summed E-state index contributed by atoms with van der Waals surface area (Å²) >= 11 is 5.73. The van der Waals surface area contributed by atoms with Crippen LogP contribution in [0, 0.1) is 11.3 Å². The number of hydrogen-bond donors (Lipinski definition) is 1. The Kier molecular flexibility index (Phi) is 5.03. The molecule has 0 spiro atoms. The number of carbonyl (C=O) groups is 1. The largest absolute Gasteiger partial charge is 0.351 e. The molecule has 0 bridgehead atoms. The quantitative estimate of drug-likeness (QED) is 0.832. The highest BCUT2D eigenvalue weighted by molar-refractivity contribution is 6.29. The summed E-state index contributed by atoms with van der Waals surface area (Å²) in [5.41, 5.74) is 0.871. The zero-order valence-corrected chi connectivity index (χ0v) is 13.0. The molecular weight excluding hydrogens is 272 g/mol. The van der Waals surface area contributed by atoms with E-state index >= 15 is 0 Å². The lowest BCUT2D eigenvalue weighted by Gasteiger charge is -2.31. The Hall–Kier alpha value is -1.09. The molecule has 1 aliphatic rings. The number of halogens is 1. The summed E-state index contributed by atoms with van der Waals surface area (Å²) in [5.74, 6) is 0.617. The van der Waals surface area contributed by atoms with Gasteiger partial charge in [-0.25, -0.2) is 4.98 Å². The number of pyridine rings is 1. The maximum atomic E-state index is 12.1. The molecule has 110 valence electrons. The van der Waals surface area contributed by atoms with Gasteiger partial charge in [-0.05, 0) is 42.7 Å². The van der Waals surface area contributed by atoms with Gasteiger partial charge in [0.1, 0.15) is 5.15 Å². The normalized spacial score (nSPS) is 17.4. The van der Waals surface area contributed by atoms with E-state index in [0.29, 0.717) is 22.0 Å². The van der Waals surface area contributed by atoms with Crippen molar-refractivity contribution in [2.24, 2.45) is 11.3 Å². The number of rotatable bonds is 5. The van der Waals surface area contributed by atoms with Crippen LogP contribution in [0.25, 0.3) is 0 Å². The number of nitrogens with zero attached hydrogens (tertiary/aromatic N) is 1. The monoisotopic (exact) mass is 294 g/mol. The molecule has 0 atom stereocenters. The van der Waals surface area contributed by atoms with Crippen LogP contribution < -0.4 is 5.32 Å². The van der Waals surface area contributed by atoms with E-state index in [4.69, 9.17) is 11.6 Å². The summed E-state index contributed by atoms with van der Waals surface area (Å²) in [4.78, 5) is 16.1. The molecule has 0 aromatic carbocycles.